The van der Waals surface area contributed by atoms with Crippen LogP contribution in [0.2, 0.25) is 0 Å². The Morgan fingerprint density at radius 3 is 2.56 bits per heavy atom. The second-order valence-corrected chi connectivity index (χ2v) is 5.59. The van der Waals surface area contributed by atoms with Crippen LogP contribution >= 0.6 is 15.9 Å². The van der Waals surface area contributed by atoms with Gasteiger partial charge >= 0.3 is 0 Å². The van der Waals surface area contributed by atoms with Gasteiger partial charge in [0.05, 0.1) is 6.10 Å². The smallest absolute Gasteiger partial charge is 0.0636 e. The Hall–Kier alpha value is -0.380. The Labute approximate surface area is 105 Å². The lowest BCUT2D eigenvalue weighted by Gasteiger charge is -2.36. The van der Waals surface area contributed by atoms with Gasteiger partial charge in [-0.05, 0) is 43.4 Å². The number of rotatable bonds is 4. The summed E-state index contributed by atoms with van der Waals surface area (Å²) in [5, 5.41) is 12.5. The van der Waals surface area contributed by atoms with E-state index in [1.807, 2.05) is 6.92 Å². The van der Waals surface area contributed by atoms with E-state index in [-0.39, 0.29) is 6.10 Å². The summed E-state index contributed by atoms with van der Waals surface area (Å²) in [6.45, 7) is 2.52. The van der Waals surface area contributed by atoms with Crippen molar-refractivity contribution >= 4 is 15.9 Å². The molecule has 1 atom stereocenters. The molecular weight excluding hydrogens is 266 g/mol. The van der Waals surface area contributed by atoms with E-state index in [4.69, 9.17) is 5.11 Å². The number of aliphatic hydroxyl groups excluding tert-OH is 1. The Morgan fingerprint density at radius 2 is 2.00 bits per heavy atom. The van der Waals surface area contributed by atoms with Gasteiger partial charge < -0.3 is 10.4 Å². The van der Waals surface area contributed by atoms with Crippen molar-refractivity contribution in [3.63, 3.8) is 0 Å². The van der Waals surface area contributed by atoms with Crippen molar-refractivity contribution in [1.82, 2.24) is 5.32 Å². The van der Waals surface area contributed by atoms with Gasteiger partial charge in [-0.2, -0.15) is 0 Å². The number of benzene rings is 1. The SMILES string of the molecule is CC(O)CNC1CC(c2ccc(Br)cc2)C1. The maximum absolute atomic E-state index is 9.17. The van der Waals surface area contributed by atoms with Crippen LogP contribution in [-0.2, 0) is 0 Å². The minimum atomic E-state index is -0.244. The normalized spacial score (nSPS) is 26.2. The summed E-state index contributed by atoms with van der Waals surface area (Å²) < 4.78 is 1.14. The van der Waals surface area contributed by atoms with Crippen molar-refractivity contribution in [2.75, 3.05) is 6.54 Å². The highest BCUT2D eigenvalue weighted by Crippen LogP contribution is 2.37. The van der Waals surface area contributed by atoms with Crippen LogP contribution < -0.4 is 5.32 Å². The van der Waals surface area contributed by atoms with Crippen molar-refractivity contribution < 1.29 is 5.11 Å². The molecule has 0 aromatic heterocycles. The molecular formula is C13H18BrNO. The first-order valence-electron chi connectivity index (χ1n) is 5.82. The van der Waals surface area contributed by atoms with E-state index in [1.54, 1.807) is 0 Å². The fourth-order valence-electron chi connectivity index (χ4n) is 2.13. The van der Waals surface area contributed by atoms with Crippen molar-refractivity contribution in [2.24, 2.45) is 0 Å². The molecule has 1 unspecified atom stereocenters. The molecule has 3 heteroatoms. The average Bonchev–Trinajstić information content (AvgIpc) is 2.18. The zero-order chi connectivity index (χ0) is 11.5. The Morgan fingerprint density at radius 1 is 1.38 bits per heavy atom. The summed E-state index contributed by atoms with van der Waals surface area (Å²) in [7, 11) is 0. The van der Waals surface area contributed by atoms with E-state index < -0.39 is 0 Å². The standard InChI is InChI=1S/C13H18BrNO/c1-9(16)8-15-13-6-11(7-13)10-2-4-12(14)5-3-10/h2-5,9,11,13,15-16H,6-8H2,1H3. The molecule has 1 saturated carbocycles. The van der Waals surface area contributed by atoms with Crippen molar-refractivity contribution in [2.45, 2.75) is 37.8 Å². The van der Waals surface area contributed by atoms with E-state index in [2.05, 4.69) is 45.5 Å². The second-order valence-electron chi connectivity index (χ2n) is 4.67. The first-order chi connectivity index (χ1) is 7.65. The summed E-state index contributed by atoms with van der Waals surface area (Å²) in [6.07, 6.45) is 2.13. The van der Waals surface area contributed by atoms with Crippen LogP contribution in [0.1, 0.15) is 31.2 Å². The van der Waals surface area contributed by atoms with Crippen LogP contribution in [0.15, 0.2) is 28.7 Å². The maximum atomic E-state index is 9.17. The van der Waals surface area contributed by atoms with E-state index >= 15 is 0 Å². The van der Waals surface area contributed by atoms with Crippen LogP contribution in [0.25, 0.3) is 0 Å². The lowest BCUT2D eigenvalue weighted by atomic mass is 9.76. The molecule has 2 N–H and O–H groups in total. The van der Waals surface area contributed by atoms with Gasteiger partial charge in [-0.25, -0.2) is 0 Å². The van der Waals surface area contributed by atoms with E-state index in [0.717, 1.165) is 4.47 Å². The van der Waals surface area contributed by atoms with Crippen molar-refractivity contribution in [1.29, 1.82) is 0 Å². The lowest BCUT2D eigenvalue weighted by molar-refractivity contribution is 0.171. The molecule has 1 aliphatic rings. The summed E-state index contributed by atoms with van der Waals surface area (Å²) in [4.78, 5) is 0. The van der Waals surface area contributed by atoms with Crippen LogP contribution in [0.5, 0.6) is 0 Å². The van der Waals surface area contributed by atoms with E-state index in [1.165, 1.54) is 18.4 Å². The fraction of sp³-hybridized carbons (Fsp3) is 0.538. The van der Waals surface area contributed by atoms with Gasteiger partial charge in [0, 0.05) is 17.1 Å². The van der Waals surface area contributed by atoms with E-state index in [9.17, 15) is 0 Å². The number of nitrogens with one attached hydrogen (secondary N) is 1. The van der Waals surface area contributed by atoms with Crippen molar-refractivity contribution in [3.8, 4) is 0 Å². The fourth-order valence-corrected chi connectivity index (χ4v) is 2.39. The van der Waals surface area contributed by atoms with Gasteiger partial charge in [-0.15, -0.1) is 0 Å². The number of halogens is 1. The first-order valence-corrected chi connectivity index (χ1v) is 6.61. The predicted octanol–water partition coefficient (Wildman–Crippen LogP) is 2.67. The minimum Gasteiger partial charge on any atom is -0.392 e. The predicted molar refractivity (Wildman–Crippen MR) is 69.6 cm³/mol. The third-order valence-corrected chi connectivity index (χ3v) is 3.71. The molecule has 0 spiro atoms. The molecule has 16 heavy (non-hydrogen) atoms. The van der Waals surface area contributed by atoms with E-state index in [0.29, 0.717) is 18.5 Å². The highest BCUT2D eigenvalue weighted by Gasteiger charge is 2.29. The lowest BCUT2D eigenvalue weighted by Crippen LogP contribution is -2.42. The minimum absolute atomic E-state index is 0.244. The third-order valence-electron chi connectivity index (χ3n) is 3.18. The summed E-state index contributed by atoms with van der Waals surface area (Å²) in [6, 6.07) is 9.18. The molecule has 0 saturated heterocycles. The zero-order valence-electron chi connectivity index (χ0n) is 9.49. The maximum Gasteiger partial charge on any atom is 0.0636 e. The topological polar surface area (TPSA) is 32.3 Å². The highest BCUT2D eigenvalue weighted by atomic mass is 79.9. The molecule has 0 bridgehead atoms. The quantitative estimate of drug-likeness (QED) is 0.891. The molecule has 2 rings (SSSR count). The van der Waals surface area contributed by atoms with Crippen LogP contribution in [0, 0.1) is 0 Å². The number of hydrogen-bond donors (Lipinski definition) is 2. The molecule has 0 radical (unpaired) electrons. The number of hydrogen-bond acceptors (Lipinski definition) is 2. The third kappa shape index (κ3) is 3.06. The van der Waals surface area contributed by atoms with Crippen LogP contribution in [0.4, 0.5) is 0 Å². The molecule has 1 aromatic rings. The Bertz CT molecular complexity index is 330. The molecule has 0 aliphatic heterocycles. The largest absolute Gasteiger partial charge is 0.392 e. The molecule has 1 fully saturated rings. The van der Waals surface area contributed by atoms with Gasteiger partial charge in [0.1, 0.15) is 0 Å². The monoisotopic (exact) mass is 283 g/mol. The molecule has 0 amide bonds. The zero-order valence-corrected chi connectivity index (χ0v) is 11.1. The van der Waals surface area contributed by atoms with Gasteiger partial charge in [0.15, 0.2) is 0 Å². The molecule has 1 aromatic carbocycles. The van der Waals surface area contributed by atoms with Crippen LogP contribution in [0.3, 0.4) is 0 Å². The van der Waals surface area contributed by atoms with Gasteiger partial charge in [0.2, 0.25) is 0 Å². The van der Waals surface area contributed by atoms with Gasteiger partial charge in [-0.3, -0.25) is 0 Å². The van der Waals surface area contributed by atoms with Gasteiger partial charge in [0.25, 0.3) is 0 Å². The molecule has 88 valence electrons. The summed E-state index contributed by atoms with van der Waals surface area (Å²) in [5.74, 6) is 0.694. The summed E-state index contributed by atoms with van der Waals surface area (Å²) in [5.41, 5.74) is 1.43. The van der Waals surface area contributed by atoms with Crippen LogP contribution in [-0.4, -0.2) is 23.8 Å². The Kier molecular flexibility index (Phi) is 4.00. The molecule has 1 aliphatic carbocycles. The van der Waals surface area contributed by atoms with Crippen molar-refractivity contribution in [3.05, 3.63) is 34.3 Å². The highest BCUT2D eigenvalue weighted by molar-refractivity contribution is 9.10. The molecule has 2 nitrogen and oxygen atoms in total. The first kappa shape index (κ1) is 12.1. The molecule has 0 heterocycles. The van der Waals surface area contributed by atoms with Gasteiger partial charge in [-0.1, -0.05) is 28.1 Å². The Balaban J connectivity index is 1.77. The number of aliphatic hydroxyl groups is 1. The average molecular weight is 284 g/mol. The second kappa shape index (κ2) is 5.30. The summed E-state index contributed by atoms with van der Waals surface area (Å²) >= 11 is 3.45.